The fourth-order valence-electron chi connectivity index (χ4n) is 4.58. The SMILES string of the molecule is O=C(NS(=O)(=O)c1ccc(CN(CCSc2ccccc2)Cc2ccccc2Cl)cc1)c1cccc2ccccc12. The van der Waals surface area contributed by atoms with E-state index in [0.29, 0.717) is 24.0 Å². The molecule has 0 fully saturated rings. The summed E-state index contributed by atoms with van der Waals surface area (Å²) < 4.78 is 28.4. The standard InChI is InChI=1S/C33H29ClN2O3S2/c34-32-16-7-5-10-27(32)24-36(21-22-40-28-12-2-1-3-13-28)23-25-17-19-29(20-18-25)41(38,39)35-33(37)31-15-8-11-26-9-4-6-14-30(26)31/h1-20H,21-24H2,(H,35,37). The number of hydrogen-bond donors (Lipinski definition) is 1. The molecular weight excluding hydrogens is 572 g/mol. The smallest absolute Gasteiger partial charge is 0.265 e. The lowest BCUT2D eigenvalue weighted by atomic mass is 10.0. The van der Waals surface area contributed by atoms with Crippen molar-refractivity contribution in [2.75, 3.05) is 12.3 Å². The zero-order chi connectivity index (χ0) is 28.7. The number of amides is 1. The van der Waals surface area contributed by atoms with Crippen LogP contribution in [0.4, 0.5) is 0 Å². The first-order chi connectivity index (χ1) is 19.9. The van der Waals surface area contributed by atoms with Gasteiger partial charge in [-0.2, -0.15) is 0 Å². The van der Waals surface area contributed by atoms with Crippen molar-refractivity contribution in [3.8, 4) is 0 Å². The molecule has 1 N–H and O–H groups in total. The molecule has 8 heteroatoms. The molecule has 5 nitrogen and oxygen atoms in total. The van der Waals surface area contributed by atoms with E-state index in [-0.39, 0.29) is 4.90 Å². The second-order valence-corrected chi connectivity index (χ2v) is 12.8. The highest BCUT2D eigenvalue weighted by atomic mass is 35.5. The van der Waals surface area contributed by atoms with E-state index in [4.69, 9.17) is 11.6 Å². The largest absolute Gasteiger partial charge is 0.294 e. The number of hydrogen-bond acceptors (Lipinski definition) is 5. The summed E-state index contributed by atoms with van der Waals surface area (Å²) in [7, 11) is -4.05. The summed E-state index contributed by atoms with van der Waals surface area (Å²) in [5, 5.41) is 2.28. The molecule has 0 aromatic heterocycles. The highest BCUT2D eigenvalue weighted by Crippen LogP contribution is 2.23. The number of carbonyl (C=O) groups excluding carboxylic acids is 1. The maximum atomic E-state index is 13.1. The molecule has 0 radical (unpaired) electrons. The molecule has 5 aromatic rings. The fraction of sp³-hybridized carbons (Fsp3) is 0.121. The Labute approximate surface area is 250 Å². The fourth-order valence-corrected chi connectivity index (χ4v) is 6.68. The Balaban J connectivity index is 1.28. The predicted molar refractivity (Wildman–Crippen MR) is 168 cm³/mol. The van der Waals surface area contributed by atoms with Crippen molar-refractivity contribution < 1.29 is 13.2 Å². The molecule has 0 atom stereocenters. The highest BCUT2D eigenvalue weighted by Gasteiger charge is 2.20. The van der Waals surface area contributed by atoms with E-state index in [1.807, 2.05) is 66.7 Å². The van der Waals surface area contributed by atoms with E-state index in [0.717, 1.165) is 33.8 Å². The lowest BCUT2D eigenvalue weighted by Gasteiger charge is -2.23. The van der Waals surface area contributed by atoms with Crippen LogP contribution in [-0.2, 0) is 23.1 Å². The molecule has 208 valence electrons. The summed E-state index contributed by atoms with van der Waals surface area (Å²) in [6.07, 6.45) is 0. The van der Waals surface area contributed by atoms with E-state index in [1.54, 1.807) is 54.2 Å². The summed E-state index contributed by atoms with van der Waals surface area (Å²) in [6.45, 7) is 2.09. The van der Waals surface area contributed by atoms with Crippen LogP contribution < -0.4 is 4.72 Å². The summed E-state index contributed by atoms with van der Waals surface area (Å²) in [4.78, 5) is 16.5. The van der Waals surface area contributed by atoms with Gasteiger partial charge in [0.25, 0.3) is 15.9 Å². The Morgan fingerprint density at radius 1 is 0.756 bits per heavy atom. The Hall–Kier alpha value is -3.62. The Kier molecular flexibility index (Phi) is 9.42. The van der Waals surface area contributed by atoms with Crippen LogP contribution >= 0.6 is 23.4 Å². The molecule has 0 aliphatic carbocycles. The minimum absolute atomic E-state index is 0.0344. The summed E-state index contributed by atoms with van der Waals surface area (Å²) >= 11 is 8.25. The average Bonchev–Trinajstić information content (AvgIpc) is 2.98. The van der Waals surface area contributed by atoms with Gasteiger partial charge in [0.2, 0.25) is 0 Å². The van der Waals surface area contributed by atoms with Crippen LogP contribution in [0.3, 0.4) is 0 Å². The number of rotatable bonds is 11. The molecule has 1 amide bonds. The van der Waals surface area contributed by atoms with Gasteiger partial charge in [0.05, 0.1) is 4.90 Å². The maximum Gasteiger partial charge on any atom is 0.265 e. The minimum Gasteiger partial charge on any atom is -0.294 e. The van der Waals surface area contributed by atoms with Gasteiger partial charge in [-0.3, -0.25) is 9.69 Å². The molecule has 41 heavy (non-hydrogen) atoms. The van der Waals surface area contributed by atoms with Crippen molar-refractivity contribution in [2.45, 2.75) is 22.9 Å². The van der Waals surface area contributed by atoms with Crippen LogP contribution in [0.15, 0.2) is 131 Å². The number of carbonyl (C=O) groups is 1. The molecule has 0 unspecified atom stereocenters. The molecule has 0 saturated carbocycles. The number of sulfonamides is 1. The van der Waals surface area contributed by atoms with Crippen molar-refractivity contribution in [3.05, 3.63) is 143 Å². The van der Waals surface area contributed by atoms with Gasteiger partial charge in [0.15, 0.2) is 0 Å². The van der Waals surface area contributed by atoms with Gasteiger partial charge in [0.1, 0.15) is 0 Å². The number of fused-ring (bicyclic) bond motifs is 1. The third kappa shape index (κ3) is 7.57. The molecule has 0 saturated heterocycles. The normalized spacial score (nSPS) is 11.6. The van der Waals surface area contributed by atoms with E-state index in [2.05, 4.69) is 21.8 Å². The van der Waals surface area contributed by atoms with Gasteiger partial charge in [-0.15, -0.1) is 11.8 Å². The molecule has 0 bridgehead atoms. The first-order valence-electron chi connectivity index (χ1n) is 13.2. The molecule has 0 aliphatic heterocycles. The van der Waals surface area contributed by atoms with Gasteiger partial charge in [-0.1, -0.05) is 96.5 Å². The van der Waals surface area contributed by atoms with Crippen LogP contribution in [0, 0.1) is 0 Å². The number of nitrogens with one attached hydrogen (secondary N) is 1. The second kappa shape index (κ2) is 13.4. The Bertz CT molecular complexity index is 1740. The highest BCUT2D eigenvalue weighted by molar-refractivity contribution is 7.99. The van der Waals surface area contributed by atoms with Crippen molar-refractivity contribution in [3.63, 3.8) is 0 Å². The third-order valence-corrected chi connectivity index (χ3v) is 9.38. The third-order valence-electron chi connectivity index (χ3n) is 6.67. The maximum absolute atomic E-state index is 13.1. The lowest BCUT2D eigenvalue weighted by Crippen LogP contribution is -2.30. The van der Waals surface area contributed by atoms with Crippen molar-refractivity contribution >= 4 is 50.1 Å². The number of benzene rings is 5. The molecule has 0 aliphatic rings. The first kappa shape index (κ1) is 28.9. The number of halogens is 1. The van der Waals surface area contributed by atoms with Gasteiger partial charge in [-0.25, -0.2) is 13.1 Å². The molecule has 0 spiro atoms. The van der Waals surface area contributed by atoms with Crippen molar-refractivity contribution in [2.24, 2.45) is 0 Å². The van der Waals surface area contributed by atoms with Crippen LogP contribution in [0.1, 0.15) is 21.5 Å². The van der Waals surface area contributed by atoms with Gasteiger partial charge in [0, 0.05) is 40.9 Å². The van der Waals surface area contributed by atoms with Crippen LogP contribution in [-0.4, -0.2) is 31.5 Å². The quantitative estimate of drug-likeness (QED) is 0.160. The zero-order valence-corrected chi connectivity index (χ0v) is 24.6. The Morgan fingerprint density at radius 3 is 2.22 bits per heavy atom. The van der Waals surface area contributed by atoms with Gasteiger partial charge < -0.3 is 0 Å². The zero-order valence-electron chi connectivity index (χ0n) is 22.2. The Morgan fingerprint density at radius 2 is 1.44 bits per heavy atom. The van der Waals surface area contributed by atoms with E-state index in [9.17, 15) is 13.2 Å². The van der Waals surface area contributed by atoms with Gasteiger partial charge in [-0.05, 0) is 58.3 Å². The molecule has 0 heterocycles. The van der Waals surface area contributed by atoms with Crippen molar-refractivity contribution in [1.29, 1.82) is 0 Å². The van der Waals surface area contributed by atoms with E-state index >= 15 is 0 Å². The predicted octanol–water partition coefficient (Wildman–Crippen LogP) is 7.41. The molecular formula is C33H29ClN2O3S2. The molecule has 5 rings (SSSR count). The average molecular weight is 601 g/mol. The number of thioether (sulfide) groups is 1. The second-order valence-electron chi connectivity index (χ2n) is 9.57. The lowest BCUT2D eigenvalue weighted by molar-refractivity contribution is 0.0983. The summed E-state index contributed by atoms with van der Waals surface area (Å²) in [5.74, 6) is 0.230. The molecule has 5 aromatic carbocycles. The van der Waals surface area contributed by atoms with Crippen LogP contribution in [0.25, 0.3) is 10.8 Å². The first-order valence-corrected chi connectivity index (χ1v) is 16.0. The summed E-state index contributed by atoms with van der Waals surface area (Å²) in [5.41, 5.74) is 2.31. The number of nitrogens with zero attached hydrogens (tertiary/aromatic N) is 1. The van der Waals surface area contributed by atoms with E-state index < -0.39 is 15.9 Å². The monoisotopic (exact) mass is 600 g/mol. The van der Waals surface area contributed by atoms with Crippen LogP contribution in [0.2, 0.25) is 5.02 Å². The van der Waals surface area contributed by atoms with E-state index in [1.165, 1.54) is 4.90 Å². The topological polar surface area (TPSA) is 66.5 Å². The minimum atomic E-state index is -4.05. The van der Waals surface area contributed by atoms with Crippen LogP contribution in [0.5, 0.6) is 0 Å². The van der Waals surface area contributed by atoms with Gasteiger partial charge >= 0.3 is 0 Å². The van der Waals surface area contributed by atoms with Crippen molar-refractivity contribution in [1.82, 2.24) is 9.62 Å². The summed E-state index contributed by atoms with van der Waals surface area (Å²) in [6, 6.07) is 37.4.